The second-order valence-corrected chi connectivity index (χ2v) is 6.57. The van der Waals surface area contributed by atoms with Crippen molar-refractivity contribution in [2.24, 2.45) is 4.99 Å². The minimum absolute atomic E-state index is 0.0389. The van der Waals surface area contributed by atoms with Gasteiger partial charge in [-0.3, -0.25) is 14.7 Å². The Morgan fingerprint density at radius 2 is 2.09 bits per heavy atom. The highest BCUT2D eigenvalue weighted by Gasteiger charge is 2.22. The van der Waals surface area contributed by atoms with Crippen LogP contribution in [0.3, 0.4) is 0 Å². The third-order valence-electron chi connectivity index (χ3n) is 4.12. The van der Waals surface area contributed by atoms with E-state index in [4.69, 9.17) is 5.11 Å². The topological polar surface area (TPSA) is 52.9 Å². The first-order chi connectivity index (χ1) is 10.7. The van der Waals surface area contributed by atoms with Gasteiger partial charge in [0.05, 0.1) is 18.0 Å². The van der Waals surface area contributed by atoms with Crippen LogP contribution in [0.5, 0.6) is 0 Å². The molecule has 1 aliphatic carbocycles. The van der Waals surface area contributed by atoms with Crippen molar-refractivity contribution in [1.82, 2.24) is 0 Å². The van der Waals surface area contributed by atoms with E-state index in [0.29, 0.717) is 6.54 Å². The first-order valence-electron chi connectivity index (χ1n) is 7.63. The first kappa shape index (κ1) is 15.2. The van der Waals surface area contributed by atoms with Crippen molar-refractivity contribution in [2.75, 3.05) is 17.2 Å². The van der Waals surface area contributed by atoms with Gasteiger partial charge in [-0.2, -0.15) is 0 Å². The fourth-order valence-electron chi connectivity index (χ4n) is 3.10. The number of hydrogen-bond acceptors (Lipinski definition) is 4. The van der Waals surface area contributed by atoms with E-state index in [-0.39, 0.29) is 5.75 Å². The van der Waals surface area contributed by atoms with E-state index in [2.05, 4.69) is 28.9 Å². The number of rotatable bonds is 3. The number of aryl methyl sites for hydroxylation is 1. The number of nitrogens with zero attached hydrogens (tertiary/aromatic N) is 2. The van der Waals surface area contributed by atoms with E-state index < -0.39 is 5.97 Å². The first-order valence-corrected chi connectivity index (χ1v) is 8.61. The average Bonchev–Trinajstić information content (AvgIpc) is 2.54. The molecule has 0 saturated carbocycles. The molecule has 0 amide bonds. The Labute approximate surface area is 134 Å². The van der Waals surface area contributed by atoms with Crippen LogP contribution in [0.2, 0.25) is 0 Å². The number of benzene rings is 1. The molecule has 5 heteroatoms. The summed E-state index contributed by atoms with van der Waals surface area (Å²) < 4.78 is 0. The predicted molar refractivity (Wildman–Crippen MR) is 91.8 cm³/mol. The maximum Gasteiger partial charge on any atom is 0.313 e. The Kier molecular flexibility index (Phi) is 4.52. The summed E-state index contributed by atoms with van der Waals surface area (Å²) in [5, 5.41) is 9.70. The lowest BCUT2D eigenvalue weighted by Crippen LogP contribution is -2.28. The zero-order chi connectivity index (χ0) is 15.5. The Balaban J connectivity index is 1.95. The van der Waals surface area contributed by atoms with Gasteiger partial charge >= 0.3 is 5.97 Å². The number of carboxylic acid groups (broad SMARTS) is 1. The Morgan fingerprint density at radius 3 is 2.86 bits per heavy atom. The van der Waals surface area contributed by atoms with Crippen molar-refractivity contribution in [1.29, 1.82) is 0 Å². The van der Waals surface area contributed by atoms with Gasteiger partial charge in [0.15, 0.2) is 5.17 Å². The summed E-state index contributed by atoms with van der Waals surface area (Å²) in [6.45, 7) is 2.79. The molecule has 1 aromatic carbocycles. The molecule has 4 nitrogen and oxygen atoms in total. The molecule has 1 N–H and O–H groups in total. The molecule has 22 heavy (non-hydrogen) atoms. The van der Waals surface area contributed by atoms with Crippen LogP contribution in [0.1, 0.15) is 29.5 Å². The number of thioether (sulfide) groups is 1. The highest BCUT2D eigenvalue weighted by molar-refractivity contribution is 8.14. The third kappa shape index (κ3) is 3.04. The molecule has 1 aromatic rings. The van der Waals surface area contributed by atoms with Gasteiger partial charge in [0.2, 0.25) is 0 Å². The van der Waals surface area contributed by atoms with Crippen LogP contribution in [0.25, 0.3) is 0 Å². The summed E-state index contributed by atoms with van der Waals surface area (Å²) in [6, 6.07) is 4.31. The summed E-state index contributed by atoms with van der Waals surface area (Å²) in [7, 11) is 0. The molecule has 0 saturated heterocycles. The zero-order valence-corrected chi connectivity index (χ0v) is 13.5. The second-order valence-electron chi connectivity index (χ2n) is 5.63. The molecule has 0 bridgehead atoms. The SMILES string of the molecule is Cc1ccc(N2C=CCN=C2SCC(=O)O)c2c1CCCC2. The number of carboxylic acids is 1. The van der Waals surface area contributed by atoms with Gasteiger partial charge < -0.3 is 5.11 Å². The van der Waals surface area contributed by atoms with Gasteiger partial charge in [-0.1, -0.05) is 17.8 Å². The fourth-order valence-corrected chi connectivity index (χ4v) is 3.82. The summed E-state index contributed by atoms with van der Waals surface area (Å²) in [4.78, 5) is 17.4. The fraction of sp³-hybridized carbons (Fsp3) is 0.412. The van der Waals surface area contributed by atoms with E-state index >= 15 is 0 Å². The molecule has 1 heterocycles. The quantitative estimate of drug-likeness (QED) is 0.929. The number of amidine groups is 1. The zero-order valence-electron chi connectivity index (χ0n) is 12.7. The van der Waals surface area contributed by atoms with E-state index in [9.17, 15) is 4.79 Å². The molecule has 0 fully saturated rings. The second kappa shape index (κ2) is 6.57. The number of fused-ring (bicyclic) bond motifs is 1. The lowest BCUT2D eigenvalue weighted by atomic mass is 9.87. The Morgan fingerprint density at radius 1 is 1.32 bits per heavy atom. The van der Waals surface area contributed by atoms with Crippen LogP contribution in [0.15, 0.2) is 29.4 Å². The van der Waals surface area contributed by atoms with Crippen LogP contribution in [0, 0.1) is 6.92 Å². The average molecular weight is 316 g/mol. The van der Waals surface area contributed by atoms with Crippen LogP contribution in [0.4, 0.5) is 5.69 Å². The van der Waals surface area contributed by atoms with Crippen molar-refractivity contribution < 1.29 is 9.90 Å². The van der Waals surface area contributed by atoms with Crippen molar-refractivity contribution in [3.05, 3.63) is 41.1 Å². The number of aliphatic carboxylic acids is 1. The predicted octanol–water partition coefficient (Wildman–Crippen LogP) is 3.38. The number of aliphatic imine (C=N–C) groups is 1. The molecular weight excluding hydrogens is 296 g/mol. The highest BCUT2D eigenvalue weighted by atomic mass is 32.2. The van der Waals surface area contributed by atoms with Crippen LogP contribution in [-0.2, 0) is 17.6 Å². The van der Waals surface area contributed by atoms with E-state index in [1.54, 1.807) is 0 Å². The van der Waals surface area contributed by atoms with E-state index in [0.717, 1.165) is 23.7 Å². The molecule has 2 aliphatic rings. The lowest BCUT2D eigenvalue weighted by molar-refractivity contribution is -0.133. The molecule has 0 aromatic heterocycles. The Bertz CT molecular complexity index is 652. The minimum Gasteiger partial charge on any atom is -0.481 e. The number of hydrogen-bond donors (Lipinski definition) is 1. The standard InChI is InChI=1S/C17H20N2O2S/c1-12-7-8-15(14-6-3-2-5-13(12)14)19-10-4-9-18-17(19)22-11-16(20)21/h4,7-8,10H,2-3,5-6,9,11H2,1H3,(H,20,21). The van der Waals surface area contributed by atoms with Gasteiger partial charge in [0.1, 0.15) is 0 Å². The molecule has 3 rings (SSSR count). The smallest absolute Gasteiger partial charge is 0.313 e. The van der Waals surface area contributed by atoms with Gasteiger partial charge in [0, 0.05) is 6.20 Å². The molecule has 1 aliphatic heterocycles. The van der Waals surface area contributed by atoms with Gasteiger partial charge in [0.25, 0.3) is 0 Å². The van der Waals surface area contributed by atoms with Crippen LogP contribution in [-0.4, -0.2) is 28.5 Å². The summed E-state index contributed by atoms with van der Waals surface area (Å²) in [5.41, 5.74) is 5.38. The summed E-state index contributed by atoms with van der Waals surface area (Å²) >= 11 is 1.29. The van der Waals surface area contributed by atoms with Gasteiger partial charge in [-0.15, -0.1) is 0 Å². The van der Waals surface area contributed by atoms with E-state index in [1.807, 2.05) is 12.3 Å². The largest absolute Gasteiger partial charge is 0.481 e. The van der Waals surface area contributed by atoms with Gasteiger partial charge in [-0.25, -0.2) is 0 Å². The molecule has 116 valence electrons. The Hall–Kier alpha value is -1.75. The lowest BCUT2D eigenvalue weighted by Gasteiger charge is -2.30. The molecule has 0 unspecified atom stereocenters. The molecule has 0 atom stereocenters. The van der Waals surface area contributed by atoms with Crippen LogP contribution < -0.4 is 4.90 Å². The minimum atomic E-state index is -0.812. The van der Waals surface area contributed by atoms with Crippen LogP contribution >= 0.6 is 11.8 Å². The van der Waals surface area contributed by atoms with E-state index in [1.165, 1.54) is 41.3 Å². The number of anilines is 1. The third-order valence-corrected chi connectivity index (χ3v) is 5.10. The molecule has 0 spiro atoms. The van der Waals surface area contributed by atoms with Crippen molar-refractivity contribution in [2.45, 2.75) is 32.6 Å². The van der Waals surface area contributed by atoms with Gasteiger partial charge in [-0.05, 0) is 61.4 Å². The van der Waals surface area contributed by atoms with Crippen molar-refractivity contribution in [3.63, 3.8) is 0 Å². The summed E-state index contributed by atoms with van der Waals surface area (Å²) in [5.74, 6) is -0.773. The number of carbonyl (C=O) groups is 1. The van der Waals surface area contributed by atoms with Crippen molar-refractivity contribution >= 4 is 28.6 Å². The molecule has 0 radical (unpaired) electrons. The summed E-state index contributed by atoms with van der Waals surface area (Å²) in [6.07, 6.45) is 8.74. The maximum absolute atomic E-state index is 10.9. The molecular formula is C17H20N2O2S. The maximum atomic E-state index is 10.9. The normalized spacial score (nSPS) is 17.1. The van der Waals surface area contributed by atoms with Crippen molar-refractivity contribution in [3.8, 4) is 0 Å². The highest BCUT2D eigenvalue weighted by Crippen LogP contribution is 2.34. The monoisotopic (exact) mass is 316 g/mol.